The van der Waals surface area contributed by atoms with Crippen molar-refractivity contribution in [1.82, 2.24) is 15.0 Å². The molecule has 1 unspecified atom stereocenters. The van der Waals surface area contributed by atoms with Gasteiger partial charge in [-0.25, -0.2) is 4.68 Å². The van der Waals surface area contributed by atoms with Crippen LogP contribution in [0.2, 0.25) is 0 Å². The van der Waals surface area contributed by atoms with Gasteiger partial charge in [0.15, 0.2) is 6.29 Å². The number of hydrogen-bond acceptors (Lipinski definition) is 6. The van der Waals surface area contributed by atoms with E-state index in [9.17, 15) is 0 Å². The van der Waals surface area contributed by atoms with Crippen LogP contribution >= 0.6 is 0 Å². The Morgan fingerprint density at radius 2 is 2.46 bits per heavy atom. The molecule has 7 nitrogen and oxygen atoms in total. The van der Waals surface area contributed by atoms with Crippen LogP contribution in [0.4, 0.5) is 5.82 Å². The van der Waals surface area contributed by atoms with E-state index in [4.69, 9.17) is 20.7 Å². The SMILES string of the molecule is Nc1cnnn1COC(O)CCO. The van der Waals surface area contributed by atoms with E-state index >= 15 is 0 Å². The third-order valence-electron chi connectivity index (χ3n) is 1.41. The highest BCUT2D eigenvalue weighted by Gasteiger charge is 2.04. The van der Waals surface area contributed by atoms with E-state index in [1.54, 1.807) is 0 Å². The summed E-state index contributed by atoms with van der Waals surface area (Å²) < 4.78 is 6.18. The average molecular weight is 188 g/mol. The van der Waals surface area contributed by atoms with Crippen LogP contribution in [0.1, 0.15) is 6.42 Å². The zero-order chi connectivity index (χ0) is 9.68. The second-order valence-corrected chi connectivity index (χ2v) is 2.42. The van der Waals surface area contributed by atoms with Gasteiger partial charge in [-0.15, -0.1) is 5.10 Å². The smallest absolute Gasteiger partial charge is 0.159 e. The number of anilines is 1. The molecule has 1 aromatic heterocycles. The van der Waals surface area contributed by atoms with Crippen LogP contribution in [0, 0.1) is 0 Å². The molecular formula is C6H12N4O3. The Bertz CT molecular complexity index is 252. The standard InChI is InChI=1S/C6H12N4O3/c7-5-3-8-9-10(5)4-13-6(12)1-2-11/h3,6,11-12H,1-2,4,7H2. The zero-order valence-corrected chi connectivity index (χ0v) is 7.00. The highest BCUT2D eigenvalue weighted by Crippen LogP contribution is 2.00. The molecule has 7 heteroatoms. The van der Waals surface area contributed by atoms with Crippen molar-refractivity contribution in [3.63, 3.8) is 0 Å². The van der Waals surface area contributed by atoms with Crippen molar-refractivity contribution in [2.45, 2.75) is 19.4 Å². The summed E-state index contributed by atoms with van der Waals surface area (Å²) >= 11 is 0. The normalized spacial score (nSPS) is 13.1. The van der Waals surface area contributed by atoms with Crippen LogP contribution < -0.4 is 5.73 Å². The number of aliphatic hydroxyl groups is 2. The van der Waals surface area contributed by atoms with Gasteiger partial charge in [0.05, 0.1) is 6.20 Å². The Morgan fingerprint density at radius 1 is 1.69 bits per heavy atom. The van der Waals surface area contributed by atoms with E-state index in [0.717, 1.165) is 0 Å². The summed E-state index contributed by atoms with van der Waals surface area (Å²) in [5.41, 5.74) is 5.43. The number of nitrogens with two attached hydrogens (primary N) is 1. The lowest BCUT2D eigenvalue weighted by molar-refractivity contribution is -0.135. The van der Waals surface area contributed by atoms with Gasteiger partial charge in [-0.3, -0.25) is 0 Å². The fraction of sp³-hybridized carbons (Fsp3) is 0.667. The monoisotopic (exact) mass is 188 g/mol. The molecule has 0 aromatic carbocycles. The molecule has 0 aliphatic carbocycles. The van der Waals surface area contributed by atoms with Crippen LogP contribution in [0.25, 0.3) is 0 Å². The molecule has 0 saturated heterocycles. The van der Waals surface area contributed by atoms with Crippen molar-refractivity contribution in [2.75, 3.05) is 12.3 Å². The van der Waals surface area contributed by atoms with Gasteiger partial charge >= 0.3 is 0 Å². The fourth-order valence-electron chi connectivity index (χ4n) is 0.716. The Kier molecular flexibility index (Phi) is 3.62. The molecule has 1 rings (SSSR count). The van der Waals surface area contributed by atoms with Crippen molar-refractivity contribution < 1.29 is 14.9 Å². The summed E-state index contributed by atoms with van der Waals surface area (Å²) in [6.45, 7) is -0.110. The highest BCUT2D eigenvalue weighted by molar-refractivity contribution is 5.21. The van der Waals surface area contributed by atoms with Crippen LogP contribution in [-0.2, 0) is 11.5 Å². The second-order valence-electron chi connectivity index (χ2n) is 2.42. The molecule has 0 fully saturated rings. The molecular weight excluding hydrogens is 176 g/mol. The predicted octanol–water partition coefficient (Wildman–Crippen LogP) is -1.46. The lowest BCUT2D eigenvalue weighted by atomic mass is 10.4. The number of hydrogen-bond donors (Lipinski definition) is 3. The summed E-state index contributed by atoms with van der Waals surface area (Å²) in [6.07, 6.45) is 0.532. The van der Waals surface area contributed by atoms with Crippen LogP contribution in [0.3, 0.4) is 0 Å². The van der Waals surface area contributed by atoms with E-state index in [2.05, 4.69) is 10.3 Å². The molecule has 0 saturated carbocycles. The maximum atomic E-state index is 9.05. The minimum Gasteiger partial charge on any atom is -0.396 e. The maximum absolute atomic E-state index is 9.05. The fourth-order valence-corrected chi connectivity index (χ4v) is 0.716. The summed E-state index contributed by atoms with van der Waals surface area (Å²) in [5.74, 6) is 0.358. The largest absolute Gasteiger partial charge is 0.396 e. The van der Waals surface area contributed by atoms with E-state index in [1.807, 2.05) is 0 Å². The first kappa shape index (κ1) is 9.90. The highest BCUT2D eigenvalue weighted by atomic mass is 16.6. The molecule has 13 heavy (non-hydrogen) atoms. The number of nitrogen functional groups attached to an aromatic ring is 1. The van der Waals surface area contributed by atoms with E-state index < -0.39 is 6.29 Å². The number of ether oxygens (including phenoxy) is 1. The quantitative estimate of drug-likeness (QED) is 0.487. The van der Waals surface area contributed by atoms with E-state index in [0.29, 0.717) is 5.82 Å². The molecule has 4 N–H and O–H groups in total. The van der Waals surface area contributed by atoms with Crippen molar-refractivity contribution in [3.8, 4) is 0 Å². The molecule has 1 aromatic rings. The second kappa shape index (κ2) is 4.75. The first-order chi connectivity index (χ1) is 6.24. The third-order valence-corrected chi connectivity index (χ3v) is 1.41. The lowest BCUT2D eigenvalue weighted by Gasteiger charge is -2.10. The van der Waals surface area contributed by atoms with Gasteiger partial charge in [-0.1, -0.05) is 5.21 Å². The van der Waals surface area contributed by atoms with Crippen LogP contribution in [0.15, 0.2) is 6.20 Å². The molecule has 0 aliphatic rings. The number of aliphatic hydroxyl groups excluding tert-OH is 2. The van der Waals surface area contributed by atoms with Crippen LogP contribution in [-0.4, -0.2) is 38.1 Å². The topological polar surface area (TPSA) is 106 Å². The first-order valence-corrected chi connectivity index (χ1v) is 3.78. The maximum Gasteiger partial charge on any atom is 0.159 e. The predicted molar refractivity (Wildman–Crippen MR) is 43.2 cm³/mol. The van der Waals surface area contributed by atoms with Gasteiger partial charge < -0.3 is 20.7 Å². The summed E-state index contributed by atoms with van der Waals surface area (Å²) in [7, 11) is 0. The van der Waals surface area contributed by atoms with Gasteiger partial charge in [0.1, 0.15) is 12.5 Å². The van der Waals surface area contributed by atoms with E-state index in [1.165, 1.54) is 10.9 Å². The van der Waals surface area contributed by atoms with E-state index in [-0.39, 0.29) is 19.8 Å². The minimum atomic E-state index is -1.01. The van der Waals surface area contributed by atoms with Crippen molar-refractivity contribution in [3.05, 3.63) is 6.20 Å². The number of nitrogens with zero attached hydrogens (tertiary/aromatic N) is 3. The van der Waals surface area contributed by atoms with Gasteiger partial charge in [0.25, 0.3) is 0 Å². The molecule has 0 spiro atoms. The molecule has 0 radical (unpaired) electrons. The van der Waals surface area contributed by atoms with Gasteiger partial charge in [0, 0.05) is 13.0 Å². The summed E-state index contributed by atoms with van der Waals surface area (Å²) in [4.78, 5) is 0. The number of rotatable bonds is 5. The molecule has 0 amide bonds. The van der Waals surface area contributed by atoms with Gasteiger partial charge in [-0.05, 0) is 0 Å². The Balaban J connectivity index is 2.30. The Labute approximate surface area is 74.7 Å². The van der Waals surface area contributed by atoms with Crippen molar-refractivity contribution >= 4 is 5.82 Å². The number of aromatic nitrogens is 3. The molecule has 74 valence electrons. The molecule has 0 bridgehead atoms. The summed E-state index contributed by atoms with van der Waals surface area (Å²) in [5, 5.41) is 24.6. The minimum absolute atomic E-state index is 0.0208. The Hall–Kier alpha value is -1.18. The molecule has 1 heterocycles. The van der Waals surface area contributed by atoms with Crippen LogP contribution in [0.5, 0.6) is 0 Å². The first-order valence-electron chi connectivity index (χ1n) is 3.78. The molecule has 1 atom stereocenters. The third kappa shape index (κ3) is 2.98. The van der Waals surface area contributed by atoms with Gasteiger partial charge in [0.2, 0.25) is 0 Å². The molecule has 0 aliphatic heterocycles. The average Bonchev–Trinajstić information content (AvgIpc) is 2.48. The van der Waals surface area contributed by atoms with Gasteiger partial charge in [-0.2, -0.15) is 0 Å². The lowest BCUT2D eigenvalue weighted by Crippen LogP contribution is -2.17. The van der Waals surface area contributed by atoms with Crippen molar-refractivity contribution in [1.29, 1.82) is 0 Å². The summed E-state index contributed by atoms with van der Waals surface area (Å²) in [6, 6.07) is 0. The van der Waals surface area contributed by atoms with Crippen molar-refractivity contribution in [2.24, 2.45) is 0 Å². The Morgan fingerprint density at radius 3 is 3.00 bits per heavy atom. The zero-order valence-electron chi connectivity index (χ0n) is 7.00.